The minimum Gasteiger partial charge on any atom is -0.382 e. The zero-order valence-corrected chi connectivity index (χ0v) is 10.1. The lowest BCUT2D eigenvalue weighted by Crippen LogP contribution is -2.18. The van der Waals surface area contributed by atoms with E-state index < -0.39 is 0 Å². The zero-order valence-electron chi connectivity index (χ0n) is 10.1. The summed E-state index contributed by atoms with van der Waals surface area (Å²) in [5.41, 5.74) is 0. The van der Waals surface area contributed by atoms with Gasteiger partial charge in [0.2, 0.25) is 0 Å². The number of hydrogen-bond donors (Lipinski definition) is 0. The van der Waals surface area contributed by atoms with Crippen LogP contribution in [-0.4, -0.2) is 26.4 Å². The van der Waals surface area contributed by atoms with Crippen molar-refractivity contribution in [3.63, 3.8) is 0 Å². The van der Waals surface area contributed by atoms with Gasteiger partial charge >= 0.3 is 0 Å². The Morgan fingerprint density at radius 1 is 1.27 bits per heavy atom. The molecule has 2 nitrogen and oxygen atoms in total. The van der Waals surface area contributed by atoms with Gasteiger partial charge in [0.05, 0.1) is 6.10 Å². The lowest BCUT2D eigenvalue weighted by Gasteiger charge is -2.21. The molecule has 2 heteroatoms. The van der Waals surface area contributed by atoms with Crippen molar-refractivity contribution < 1.29 is 9.47 Å². The van der Waals surface area contributed by atoms with E-state index in [0.29, 0.717) is 6.10 Å². The molecule has 0 radical (unpaired) electrons. The number of fused-ring (bicyclic) bond motifs is 2. The van der Waals surface area contributed by atoms with Gasteiger partial charge < -0.3 is 9.47 Å². The van der Waals surface area contributed by atoms with Crippen molar-refractivity contribution in [1.29, 1.82) is 0 Å². The van der Waals surface area contributed by atoms with E-state index in [1.165, 1.54) is 25.7 Å². The molecule has 2 saturated carbocycles. The average Bonchev–Trinajstić information content (AvgIpc) is 2.85. The van der Waals surface area contributed by atoms with Crippen LogP contribution in [0, 0.1) is 17.8 Å². The molecule has 0 N–H and O–H groups in total. The molecule has 88 valence electrons. The second-order valence-corrected chi connectivity index (χ2v) is 5.34. The van der Waals surface area contributed by atoms with Crippen LogP contribution in [0.25, 0.3) is 0 Å². The van der Waals surface area contributed by atoms with Crippen LogP contribution in [0.2, 0.25) is 0 Å². The van der Waals surface area contributed by atoms with Crippen LogP contribution >= 0.6 is 0 Å². The first-order valence-electron chi connectivity index (χ1n) is 6.40. The topological polar surface area (TPSA) is 18.5 Å². The molecule has 0 aromatic heterocycles. The molecule has 2 bridgehead atoms. The third-order valence-electron chi connectivity index (χ3n) is 4.29. The first-order valence-corrected chi connectivity index (χ1v) is 6.40. The maximum atomic E-state index is 5.76. The predicted octanol–water partition coefficient (Wildman–Crippen LogP) is 2.86. The normalized spacial score (nSPS) is 36.0. The molecule has 0 heterocycles. The van der Waals surface area contributed by atoms with E-state index in [0.717, 1.165) is 37.4 Å². The molecule has 15 heavy (non-hydrogen) atoms. The predicted molar refractivity (Wildman–Crippen MR) is 60.8 cm³/mol. The second-order valence-electron chi connectivity index (χ2n) is 5.34. The molecular formula is C13H24O2. The van der Waals surface area contributed by atoms with Gasteiger partial charge in [0.25, 0.3) is 0 Å². The molecule has 2 aliphatic carbocycles. The van der Waals surface area contributed by atoms with Gasteiger partial charge in [-0.2, -0.15) is 0 Å². The lowest BCUT2D eigenvalue weighted by atomic mass is 9.90. The van der Waals surface area contributed by atoms with E-state index in [1.54, 1.807) is 7.11 Å². The van der Waals surface area contributed by atoms with Crippen LogP contribution in [0.1, 0.15) is 39.0 Å². The summed E-state index contributed by atoms with van der Waals surface area (Å²) in [6, 6.07) is 0. The fourth-order valence-electron chi connectivity index (χ4n) is 3.18. The third-order valence-corrected chi connectivity index (χ3v) is 4.29. The number of hydrogen-bond acceptors (Lipinski definition) is 2. The van der Waals surface area contributed by atoms with Gasteiger partial charge in [-0.1, -0.05) is 6.42 Å². The van der Waals surface area contributed by atoms with E-state index in [-0.39, 0.29) is 0 Å². The van der Waals surface area contributed by atoms with E-state index >= 15 is 0 Å². The maximum absolute atomic E-state index is 5.76. The summed E-state index contributed by atoms with van der Waals surface area (Å²) in [7, 11) is 1.76. The summed E-state index contributed by atoms with van der Waals surface area (Å²) in [4.78, 5) is 0. The Labute approximate surface area is 93.3 Å². The van der Waals surface area contributed by atoms with Crippen LogP contribution in [-0.2, 0) is 9.47 Å². The third kappa shape index (κ3) is 2.94. The molecule has 2 aliphatic rings. The molecular weight excluding hydrogens is 188 g/mol. The molecule has 4 atom stereocenters. The molecule has 0 amide bonds. The highest BCUT2D eigenvalue weighted by atomic mass is 16.5. The number of rotatable bonds is 6. The van der Waals surface area contributed by atoms with E-state index in [4.69, 9.17) is 9.47 Å². The molecule has 0 aromatic rings. The highest BCUT2D eigenvalue weighted by Crippen LogP contribution is 2.48. The van der Waals surface area contributed by atoms with Gasteiger partial charge in [-0.25, -0.2) is 0 Å². The smallest absolute Gasteiger partial charge is 0.0565 e. The van der Waals surface area contributed by atoms with Crippen molar-refractivity contribution in [2.75, 3.05) is 20.3 Å². The van der Waals surface area contributed by atoms with Crippen LogP contribution in [0.3, 0.4) is 0 Å². The Balaban J connectivity index is 1.55. The monoisotopic (exact) mass is 212 g/mol. The summed E-state index contributed by atoms with van der Waals surface area (Å²) in [6.45, 7) is 3.96. The van der Waals surface area contributed by atoms with Crippen molar-refractivity contribution in [3.05, 3.63) is 0 Å². The quantitative estimate of drug-likeness (QED) is 0.630. The van der Waals surface area contributed by atoms with Crippen molar-refractivity contribution in [3.8, 4) is 0 Å². The Morgan fingerprint density at radius 3 is 2.73 bits per heavy atom. The Morgan fingerprint density at radius 2 is 2.13 bits per heavy atom. The molecule has 0 saturated heterocycles. The van der Waals surface area contributed by atoms with Crippen molar-refractivity contribution >= 4 is 0 Å². The highest BCUT2D eigenvalue weighted by Gasteiger charge is 2.39. The summed E-state index contributed by atoms with van der Waals surface area (Å²) < 4.78 is 11.0. The lowest BCUT2D eigenvalue weighted by molar-refractivity contribution is 0.0395. The van der Waals surface area contributed by atoms with E-state index in [1.807, 2.05) is 0 Å². The minimum atomic E-state index is 0.338. The number of ether oxygens (including phenoxy) is 2. The van der Waals surface area contributed by atoms with Crippen molar-refractivity contribution in [1.82, 2.24) is 0 Å². The van der Waals surface area contributed by atoms with Crippen molar-refractivity contribution in [2.24, 2.45) is 17.8 Å². The SMILES string of the molecule is COC(C)CCOCC1CC2CCC1C2. The van der Waals surface area contributed by atoms with Gasteiger partial charge in [-0.15, -0.1) is 0 Å². The Hall–Kier alpha value is -0.0800. The second kappa shape index (κ2) is 5.31. The van der Waals surface area contributed by atoms with Crippen LogP contribution in [0.4, 0.5) is 0 Å². The first-order chi connectivity index (χ1) is 7.29. The summed E-state index contributed by atoms with van der Waals surface area (Å²) >= 11 is 0. The largest absolute Gasteiger partial charge is 0.382 e. The first kappa shape index (κ1) is 11.4. The fraction of sp³-hybridized carbons (Fsp3) is 1.00. The van der Waals surface area contributed by atoms with Gasteiger partial charge in [0, 0.05) is 20.3 Å². The summed E-state index contributed by atoms with van der Waals surface area (Å²) in [5, 5.41) is 0. The van der Waals surface area contributed by atoms with E-state index in [2.05, 4.69) is 6.92 Å². The van der Waals surface area contributed by atoms with E-state index in [9.17, 15) is 0 Å². The minimum absolute atomic E-state index is 0.338. The molecule has 4 unspecified atom stereocenters. The summed E-state index contributed by atoms with van der Waals surface area (Å²) in [6.07, 6.45) is 7.24. The molecule has 2 fully saturated rings. The van der Waals surface area contributed by atoms with Crippen LogP contribution in [0.15, 0.2) is 0 Å². The molecule has 0 spiro atoms. The van der Waals surface area contributed by atoms with Crippen LogP contribution in [0.5, 0.6) is 0 Å². The maximum Gasteiger partial charge on any atom is 0.0565 e. The fourth-order valence-corrected chi connectivity index (χ4v) is 3.18. The Kier molecular flexibility index (Phi) is 4.04. The molecule has 2 rings (SSSR count). The number of methoxy groups -OCH3 is 1. The molecule has 0 aromatic carbocycles. The summed E-state index contributed by atoms with van der Waals surface area (Å²) in [5.74, 6) is 2.91. The van der Waals surface area contributed by atoms with Gasteiger partial charge in [0.15, 0.2) is 0 Å². The molecule has 0 aliphatic heterocycles. The highest BCUT2D eigenvalue weighted by molar-refractivity contribution is 4.89. The van der Waals surface area contributed by atoms with Gasteiger partial charge in [0.1, 0.15) is 0 Å². The van der Waals surface area contributed by atoms with Crippen molar-refractivity contribution in [2.45, 2.75) is 45.1 Å². The Bertz CT molecular complexity index is 193. The zero-order chi connectivity index (χ0) is 10.7. The van der Waals surface area contributed by atoms with Crippen LogP contribution < -0.4 is 0 Å². The van der Waals surface area contributed by atoms with Gasteiger partial charge in [-0.05, 0) is 50.4 Å². The van der Waals surface area contributed by atoms with Gasteiger partial charge in [-0.3, -0.25) is 0 Å². The average molecular weight is 212 g/mol. The standard InChI is InChI=1S/C13H24O2/c1-10(14-2)5-6-15-9-13-8-11-3-4-12(13)7-11/h10-13H,3-9H2,1-2H3.